The molecule has 0 N–H and O–H groups in total. The van der Waals surface area contributed by atoms with E-state index in [1.54, 1.807) is 0 Å². The average Bonchev–Trinajstić information content (AvgIpc) is 3.39. The van der Waals surface area contributed by atoms with Gasteiger partial charge in [-0.3, -0.25) is 0 Å². The minimum absolute atomic E-state index is 1.02. The van der Waals surface area contributed by atoms with Gasteiger partial charge in [-0.15, -0.1) is 0 Å². The van der Waals surface area contributed by atoms with E-state index < -0.39 is 0 Å². The number of aryl methyl sites for hydroxylation is 1. The summed E-state index contributed by atoms with van der Waals surface area (Å²) in [7, 11) is 0. The molecule has 0 heterocycles. The Labute approximate surface area is 259 Å². The minimum Gasteiger partial charge on any atom is -0.0911 e. The van der Waals surface area contributed by atoms with Gasteiger partial charge in [0.15, 0.2) is 0 Å². The van der Waals surface area contributed by atoms with Crippen LogP contribution in [0.2, 0.25) is 0 Å². The molecule has 0 fully saturated rings. The van der Waals surface area contributed by atoms with Crippen LogP contribution in [0, 0.1) is 6.92 Å². The van der Waals surface area contributed by atoms with E-state index in [1.165, 1.54) is 82.8 Å². The highest BCUT2D eigenvalue weighted by Crippen LogP contribution is 2.58. The van der Waals surface area contributed by atoms with E-state index in [0.717, 1.165) is 11.1 Å². The predicted octanol–water partition coefficient (Wildman–Crippen LogP) is 12.4. The van der Waals surface area contributed by atoms with Crippen LogP contribution in [0.5, 0.6) is 0 Å². The minimum atomic E-state index is 1.02. The molecule has 8 rings (SSSR count). The Morgan fingerprint density at radius 2 is 1.11 bits per heavy atom. The predicted molar refractivity (Wildman–Crippen MR) is 191 cm³/mol. The van der Waals surface area contributed by atoms with Crippen LogP contribution in [0.4, 0.5) is 0 Å². The van der Waals surface area contributed by atoms with Gasteiger partial charge >= 0.3 is 0 Å². The van der Waals surface area contributed by atoms with Crippen molar-refractivity contribution in [2.45, 2.75) is 13.8 Å². The molecule has 0 heteroatoms. The van der Waals surface area contributed by atoms with Crippen molar-refractivity contribution >= 4 is 32.7 Å². The van der Waals surface area contributed by atoms with Crippen LogP contribution in [-0.2, 0) is 0 Å². The number of hydrogen-bond donors (Lipinski definition) is 0. The van der Waals surface area contributed by atoms with Gasteiger partial charge in [0.05, 0.1) is 0 Å². The fourth-order valence-electron chi connectivity index (χ4n) is 7.24. The molecule has 0 atom stereocenters. The van der Waals surface area contributed by atoms with Crippen molar-refractivity contribution < 1.29 is 0 Å². The van der Waals surface area contributed by atoms with Gasteiger partial charge in [-0.05, 0) is 120 Å². The lowest BCUT2D eigenvalue weighted by Gasteiger charge is -2.20. The maximum absolute atomic E-state index is 4.59. The van der Waals surface area contributed by atoms with E-state index in [0.29, 0.717) is 0 Å². The van der Waals surface area contributed by atoms with Gasteiger partial charge < -0.3 is 0 Å². The van der Waals surface area contributed by atoms with Gasteiger partial charge in [-0.2, -0.15) is 0 Å². The largest absolute Gasteiger partial charge is 0.0911 e. The van der Waals surface area contributed by atoms with E-state index in [4.69, 9.17) is 0 Å². The normalized spacial score (nSPS) is 12.1. The van der Waals surface area contributed by atoms with Gasteiger partial charge in [0, 0.05) is 0 Å². The summed E-state index contributed by atoms with van der Waals surface area (Å²) in [5.74, 6) is 0. The van der Waals surface area contributed by atoms with Crippen LogP contribution in [0.15, 0.2) is 152 Å². The Balaban J connectivity index is 1.46. The molecule has 208 valence electrons. The second-order valence-electron chi connectivity index (χ2n) is 11.9. The third kappa shape index (κ3) is 4.07. The lowest BCUT2D eigenvalue weighted by Crippen LogP contribution is -1.93. The van der Waals surface area contributed by atoms with Crippen molar-refractivity contribution in [2.75, 3.05) is 0 Å². The Morgan fingerprint density at radius 3 is 1.75 bits per heavy atom. The maximum Gasteiger partial charge on any atom is -0.000720 e. The summed E-state index contributed by atoms with van der Waals surface area (Å²) in [5, 5.41) is 5.12. The summed E-state index contributed by atoms with van der Waals surface area (Å²) in [5.41, 5.74) is 16.2. The molecular weight excluding hydrogens is 528 g/mol. The van der Waals surface area contributed by atoms with Gasteiger partial charge in [0.1, 0.15) is 0 Å². The number of rotatable bonds is 5. The van der Waals surface area contributed by atoms with Crippen LogP contribution >= 0.6 is 0 Å². The number of benzene rings is 7. The molecular formula is C44H32. The molecule has 0 saturated carbocycles. The van der Waals surface area contributed by atoms with E-state index >= 15 is 0 Å². The first-order valence-electron chi connectivity index (χ1n) is 15.3. The SMILES string of the molecule is C=C(/C=C(/C)c1ccccc1C)c1cc2c3c(cccc3c1)-c1c-2c(-c2ccccc2)c2ccccc2c1-c1ccccc1. The van der Waals surface area contributed by atoms with Crippen molar-refractivity contribution in [3.05, 3.63) is 169 Å². The molecule has 0 nitrogen and oxygen atoms in total. The first-order valence-corrected chi connectivity index (χ1v) is 15.3. The van der Waals surface area contributed by atoms with Crippen molar-refractivity contribution in [3.8, 4) is 44.5 Å². The zero-order valence-corrected chi connectivity index (χ0v) is 25.1. The first kappa shape index (κ1) is 26.2. The van der Waals surface area contributed by atoms with Gasteiger partial charge in [0.2, 0.25) is 0 Å². The van der Waals surface area contributed by atoms with E-state index in [-0.39, 0.29) is 0 Å². The molecule has 0 bridgehead atoms. The standard InChI is InChI=1S/C44H32/c1-28-15-10-11-21-35(28)30(3)25-29(2)34-26-33-20-14-24-38-40(33)39(27-34)44-42(32-18-8-5-9-19-32)37-23-13-12-22-36(37)41(43(38)44)31-16-6-4-7-17-31/h4-27H,2H2,1,3H3/b30-25-. The second-order valence-corrected chi connectivity index (χ2v) is 11.9. The van der Waals surface area contributed by atoms with Crippen LogP contribution < -0.4 is 0 Å². The molecule has 1 aliphatic carbocycles. The van der Waals surface area contributed by atoms with Crippen LogP contribution in [0.25, 0.3) is 77.2 Å². The molecule has 0 amide bonds. The van der Waals surface area contributed by atoms with Gasteiger partial charge in [-0.25, -0.2) is 0 Å². The smallest absolute Gasteiger partial charge is 0.000720 e. The molecule has 7 aromatic rings. The number of allylic oxidation sites excluding steroid dienone is 3. The van der Waals surface area contributed by atoms with Crippen molar-refractivity contribution in [1.82, 2.24) is 0 Å². The Hall–Kier alpha value is -5.46. The Bertz CT molecular complexity index is 2280. The van der Waals surface area contributed by atoms with Crippen LogP contribution in [0.3, 0.4) is 0 Å². The summed E-state index contributed by atoms with van der Waals surface area (Å²) in [6, 6.07) is 50.8. The van der Waals surface area contributed by atoms with Gasteiger partial charge in [-0.1, -0.05) is 140 Å². The van der Waals surface area contributed by atoms with E-state index in [2.05, 4.69) is 166 Å². The fourth-order valence-corrected chi connectivity index (χ4v) is 7.24. The van der Waals surface area contributed by atoms with Crippen molar-refractivity contribution in [2.24, 2.45) is 0 Å². The summed E-state index contributed by atoms with van der Waals surface area (Å²) >= 11 is 0. The topological polar surface area (TPSA) is 0 Å². The second kappa shape index (κ2) is 10.4. The van der Waals surface area contributed by atoms with Crippen LogP contribution in [0.1, 0.15) is 23.6 Å². The van der Waals surface area contributed by atoms with E-state index in [9.17, 15) is 0 Å². The molecule has 0 aromatic heterocycles. The van der Waals surface area contributed by atoms with Gasteiger partial charge in [0.25, 0.3) is 0 Å². The first-order chi connectivity index (χ1) is 21.6. The Morgan fingerprint density at radius 1 is 0.545 bits per heavy atom. The third-order valence-electron chi connectivity index (χ3n) is 9.19. The summed E-state index contributed by atoms with van der Waals surface area (Å²) in [6.45, 7) is 8.95. The molecule has 0 radical (unpaired) electrons. The molecule has 1 aliphatic rings. The summed E-state index contributed by atoms with van der Waals surface area (Å²) in [6.07, 6.45) is 2.24. The summed E-state index contributed by atoms with van der Waals surface area (Å²) in [4.78, 5) is 0. The molecule has 44 heavy (non-hydrogen) atoms. The molecule has 0 aliphatic heterocycles. The molecule has 0 saturated heterocycles. The zero-order valence-electron chi connectivity index (χ0n) is 25.1. The lowest BCUT2D eigenvalue weighted by atomic mass is 9.82. The molecule has 0 unspecified atom stereocenters. The molecule has 7 aromatic carbocycles. The number of hydrogen-bond acceptors (Lipinski definition) is 0. The highest BCUT2D eigenvalue weighted by Gasteiger charge is 2.30. The average molecular weight is 561 g/mol. The van der Waals surface area contributed by atoms with E-state index in [1.807, 2.05) is 0 Å². The third-order valence-corrected chi connectivity index (χ3v) is 9.19. The number of fused-ring (bicyclic) bond motifs is 4. The highest BCUT2D eigenvalue weighted by molar-refractivity contribution is 6.27. The fraction of sp³-hybridized carbons (Fsp3) is 0.0455. The molecule has 0 spiro atoms. The lowest BCUT2D eigenvalue weighted by molar-refractivity contribution is 1.41. The quantitative estimate of drug-likeness (QED) is 0.184. The maximum atomic E-state index is 4.59. The Kier molecular flexibility index (Phi) is 6.17. The monoisotopic (exact) mass is 560 g/mol. The summed E-state index contributed by atoms with van der Waals surface area (Å²) < 4.78 is 0. The van der Waals surface area contributed by atoms with Crippen LogP contribution in [-0.4, -0.2) is 0 Å². The van der Waals surface area contributed by atoms with Crippen molar-refractivity contribution in [3.63, 3.8) is 0 Å². The zero-order chi connectivity index (χ0) is 29.8. The van der Waals surface area contributed by atoms with Crippen molar-refractivity contribution in [1.29, 1.82) is 0 Å². The highest BCUT2D eigenvalue weighted by atomic mass is 14.3.